The van der Waals surface area contributed by atoms with Gasteiger partial charge in [0.1, 0.15) is 5.75 Å². The van der Waals surface area contributed by atoms with Gasteiger partial charge in [0.25, 0.3) is 5.56 Å². The van der Waals surface area contributed by atoms with Gasteiger partial charge in [-0.1, -0.05) is 36.8 Å². The average molecular weight is 366 g/mol. The number of alkyl halides is 2. The van der Waals surface area contributed by atoms with Crippen molar-refractivity contribution >= 4 is 21.4 Å². The Morgan fingerprint density at radius 2 is 2.20 bits per heavy atom. The molecule has 1 aromatic carbocycles. The Hall–Kier alpha value is -2.55. The number of halogens is 2. The fourth-order valence-electron chi connectivity index (χ4n) is 2.32. The second kappa shape index (κ2) is 7.56. The zero-order valence-electron chi connectivity index (χ0n) is 13.4. The highest BCUT2D eigenvalue weighted by molar-refractivity contribution is 7.20. The first kappa shape index (κ1) is 17.3. The average Bonchev–Trinajstić information content (AvgIpc) is 2.97. The number of hydrogen-bond acceptors (Lipinski definition) is 6. The summed E-state index contributed by atoms with van der Waals surface area (Å²) in [6.07, 6.45) is 1.65. The molecule has 0 spiro atoms. The van der Waals surface area contributed by atoms with Crippen LogP contribution in [0.3, 0.4) is 0 Å². The summed E-state index contributed by atoms with van der Waals surface area (Å²) < 4.78 is 30.2. The first-order valence-corrected chi connectivity index (χ1v) is 8.54. The van der Waals surface area contributed by atoms with Crippen molar-refractivity contribution in [1.82, 2.24) is 14.6 Å². The van der Waals surface area contributed by atoms with Crippen LogP contribution in [0.4, 0.5) is 13.9 Å². The highest BCUT2D eigenvalue weighted by Gasteiger charge is 2.09. The molecule has 0 unspecified atom stereocenters. The van der Waals surface area contributed by atoms with Crippen molar-refractivity contribution in [3.63, 3.8) is 0 Å². The van der Waals surface area contributed by atoms with Crippen LogP contribution in [0, 0.1) is 0 Å². The lowest BCUT2D eigenvalue weighted by molar-refractivity contribution is -0.0498. The van der Waals surface area contributed by atoms with Gasteiger partial charge in [0.2, 0.25) is 10.1 Å². The SMILES string of the molecule is CCCc1cc(=O)n2nc(NCc3cccc(OC(F)F)c3)sc2n1. The molecular weight excluding hydrogens is 350 g/mol. The summed E-state index contributed by atoms with van der Waals surface area (Å²) in [5.74, 6) is 0.0979. The van der Waals surface area contributed by atoms with Gasteiger partial charge in [0.05, 0.1) is 0 Å². The monoisotopic (exact) mass is 366 g/mol. The smallest absolute Gasteiger partial charge is 0.387 e. The molecule has 0 atom stereocenters. The second-order valence-electron chi connectivity index (χ2n) is 5.32. The summed E-state index contributed by atoms with van der Waals surface area (Å²) >= 11 is 1.26. The van der Waals surface area contributed by atoms with Gasteiger partial charge in [0.15, 0.2) is 0 Å². The van der Waals surface area contributed by atoms with E-state index in [2.05, 4.69) is 20.1 Å². The van der Waals surface area contributed by atoms with Crippen molar-refractivity contribution in [2.75, 3.05) is 5.32 Å². The minimum absolute atomic E-state index is 0.0979. The topological polar surface area (TPSA) is 68.5 Å². The molecule has 0 amide bonds. The minimum atomic E-state index is -2.86. The van der Waals surface area contributed by atoms with E-state index in [4.69, 9.17) is 0 Å². The first-order valence-electron chi connectivity index (χ1n) is 7.72. The Morgan fingerprint density at radius 3 is 2.96 bits per heavy atom. The van der Waals surface area contributed by atoms with Crippen molar-refractivity contribution < 1.29 is 13.5 Å². The number of aryl methyl sites for hydroxylation is 1. The van der Waals surface area contributed by atoms with Crippen LogP contribution in [0.5, 0.6) is 5.75 Å². The number of nitrogens with one attached hydrogen (secondary N) is 1. The van der Waals surface area contributed by atoms with Crippen LogP contribution in [-0.2, 0) is 13.0 Å². The highest BCUT2D eigenvalue weighted by atomic mass is 32.1. The molecule has 0 fully saturated rings. The van der Waals surface area contributed by atoms with Crippen LogP contribution < -0.4 is 15.6 Å². The lowest BCUT2D eigenvalue weighted by Crippen LogP contribution is -2.15. The Labute approximate surface area is 146 Å². The van der Waals surface area contributed by atoms with Crippen LogP contribution in [0.2, 0.25) is 0 Å². The third-order valence-corrected chi connectivity index (χ3v) is 4.24. The highest BCUT2D eigenvalue weighted by Crippen LogP contribution is 2.20. The molecule has 0 saturated heterocycles. The summed E-state index contributed by atoms with van der Waals surface area (Å²) in [4.78, 5) is 17.0. The van der Waals surface area contributed by atoms with Crippen molar-refractivity contribution in [1.29, 1.82) is 0 Å². The second-order valence-corrected chi connectivity index (χ2v) is 6.27. The third kappa shape index (κ3) is 4.30. The van der Waals surface area contributed by atoms with E-state index in [1.807, 2.05) is 6.92 Å². The van der Waals surface area contributed by atoms with Crippen LogP contribution in [0.25, 0.3) is 4.96 Å². The van der Waals surface area contributed by atoms with Crippen molar-refractivity contribution in [3.05, 3.63) is 51.9 Å². The summed E-state index contributed by atoms with van der Waals surface area (Å²) in [6.45, 7) is -0.478. The van der Waals surface area contributed by atoms with Gasteiger partial charge in [-0.15, -0.1) is 5.10 Å². The van der Waals surface area contributed by atoms with Crippen LogP contribution in [0.1, 0.15) is 24.6 Å². The molecule has 1 N–H and O–H groups in total. The van der Waals surface area contributed by atoms with Gasteiger partial charge in [-0.3, -0.25) is 4.79 Å². The van der Waals surface area contributed by atoms with Gasteiger partial charge < -0.3 is 10.1 Å². The van der Waals surface area contributed by atoms with Gasteiger partial charge >= 0.3 is 6.61 Å². The standard InChI is InChI=1S/C16H16F2N4O2S/c1-2-4-11-8-13(23)22-16(20-11)25-15(21-22)19-9-10-5-3-6-12(7-10)24-14(17)18/h3,5-8,14H,2,4,9H2,1H3,(H,19,21). The maximum absolute atomic E-state index is 12.3. The molecular formula is C16H16F2N4O2S. The number of ether oxygens (including phenoxy) is 1. The number of hydrogen-bond donors (Lipinski definition) is 1. The molecule has 6 nitrogen and oxygen atoms in total. The number of benzene rings is 1. The van der Waals surface area contributed by atoms with Gasteiger partial charge in [-0.2, -0.15) is 13.3 Å². The van der Waals surface area contributed by atoms with E-state index >= 15 is 0 Å². The maximum Gasteiger partial charge on any atom is 0.387 e. The summed E-state index contributed by atoms with van der Waals surface area (Å²) in [5, 5.41) is 7.80. The fraction of sp³-hybridized carbons (Fsp3) is 0.312. The molecule has 2 heterocycles. The van der Waals surface area contributed by atoms with Gasteiger partial charge in [-0.05, 0) is 24.1 Å². The van der Waals surface area contributed by atoms with E-state index < -0.39 is 6.61 Å². The normalized spacial score (nSPS) is 11.2. The molecule has 3 aromatic rings. The summed E-state index contributed by atoms with van der Waals surface area (Å²) in [7, 11) is 0. The van der Waals surface area contributed by atoms with E-state index in [1.165, 1.54) is 34.1 Å². The van der Waals surface area contributed by atoms with E-state index in [1.54, 1.807) is 12.1 Å². The molecule has 0 saturated carbocycles. The largest absolute Gasteiger partial charge is 0.435 e. The molecule has 3 rings (SSSR count). The van der Waals surface area contributed by atoms with E-state index in [-0.39, 0.29) is 11.3 Å². The zero-order valence-corrected chi connectivity index (χ0v) is 14.2. The van der Waals surface area contributed by atoms with Crippen LogP contribution >= 0.6 is 11.3 Å². The van der Waals surface area contributed by atoms with Gasteiger partial charge in [0, 0.05) is 18.3 Å². The Morgan fingerprint density at radius 1 is 1.36 bits per heavy atom. The molecule has 0 bridgehead atoms. The van der Waals surface area contributed by atoms with Crippen molar-refractivity contribution in [3.8, 4) is 5.75 Å². The molecule has 25 heavy (non-hydrogen) atoms. The zero-order chi connectivity index (χ0) is 17.8. The number of nitrogens with zero attached hydrogens (tertiary/aromatic N) is 3. The van der Waals surface area contributed by atoms with Crippen LogP contribution in [0.15, 0.2) is 35.1 Å². The molecule has 0 aliphatic heterocycles. The van der Waals surface area contributed by atoms with E-state index in [9.17, 15) is 13.6 Å². The minimum Gasteiger partial charge on any atom is -0.435 e. The molecule has 0 radical (unpaired) electrons. The number of anilines is 1. The maximum atomic E-state index is 12.3. The van der Waals surface area contributed by atoms with Gasteiger partial charge in [-0.25, -0.2) is 4.98 Å². The fourth-order valence-corrected chi connectivity index (χ4v) is 3.14. The van der Waals surface area contributed by atoms with Crippen molar-refractivity contribution in [2.24, 2.45) is 0 Å². The first-order chi connectivity index (χ1) is 12.0. The Kier molecular flexibility index (Phi) is 5.22. The summed E-state index contributed by atoms with van der Waals surface area (Å²) in [6, 6.07) is 7.89. The molecule has 0 aliphatic rings. The Balaban J connectivity index is 1.75. The third-order valence-electron chi connectivity index (χ3n) is 3.37. The van der Waals surface area contributed by atoms with Crippen LogP contribution in [-0.4, -0.2) is 21.2 Å². The Bertz CT molecular complexity index is 926. The number of aromatic nitrogens is 3. The van der Waals surface area contributed by atoms with Crippen molar-refractivity contribution in [2.45, 2.75) is 32.9 Å². The lowest BCUT2D eigenvalue weighted by atomic mass is 10.2. The number of fused-ring (bicyclic) bond motifs is 1. The molecule has 2 aromatic heterocycles. The number of rotatable bonds is 7. The summed E-state index contributed by atoms with van der Waals surface area (Å²) in [5.41, 5.74) is 1.29. The van der Waals surface area contributed by atoms with E-state index in [0.29, 0.717) is 16.6 Å². The van der Waals surface area contributed by atoms with E-state index in [0.717, 1.165) is 24.1 Å². The lowest BCUT2D eigenvalue weighted by Gasteiger charge is -2.07. The molecule has 9 heteroatoms. The predicted molar refractivity (Wildman–Crippen MR) is 91.5 cm³/mol. The molecule has 0 aliphatic carbocycles. The predicted octanol–water partition coefficient (Wildman–Crippen LogP) is 3.32. The molecule has 132 valence electrons. The quantitative estimate of drug-likeness (QED) is 0.695.